The predicted molar refractivity (Wildman–Crippen MR) is 90.2 cm³/mol. The van der Waals surface area contributed by atoms with E-state index in [1.54, 1.807) is 0 Å². The zero-order valence-corrected chi connectivity index (χ0v) is 14.1. The summed E-state index contributed by atoms with van der Waals surface area (Å²) in [6.07, 6.45) is -0.361. The van der Waals surface area contributed by atoms with Gasteiger partial charge in [0.2, 0.25) is 0 Å². The van der Waals surface area contributed by atoms with Crippen LogP contribution in [0.1, 0.15) is 12.5 Å². The first kappa shape index (κ1) is 18.9. The van der Waals surface area contributed by atoms with Crippen LogP contribution >= 0.6 is 12.4 Å². The van der Waals surface area contributed by atoms with Gasteiger partial charge in [-0.3, -0.25) is 4.79 Å². The second kappa shape index (κ2) is 9.79. The molecule has 6 heteroatoms. The average Bonchev–Trinajstić information content (AvgIpc) is 2.48. The van der Waals surface area contributed by atoms with Gasteiger partial charge in [0, 0.05) is 32.2 Å². The number of carbonyl (C=O) groups is 1. The monoisotopic (exact) mass is 327 g/mol. The van der Waals surface area contributed by atoms with Gasteiger partial charge in [-0.05, 0) is 19.5 Å². The maximum atomic E-state index is 12.1. The molecular formula is C16H26ClN3O2. The lowest BCUT2D eigenvalue weighted by Gasteiger charge is -2.26. The van der Waals surface area contributed by atoms with E-state index in [1.807, 2.05) is 25.1 Å². The Labute approximate surface area is 138 Å². The lowest BCUT2D eigenvalue weighted by atomic mass is 10.2. The Morgan fingerprint density at radius 1 is 1.45 bits per heavy atom. The van der Waals surface area contributed by atoms with Gasteiger partial charge in [-0.25, -0.2) is 0 Å². The molecule has 1 aromatic carbocycles. The van der Waals surface area contributed by atoms with E-state index in [0.29, 0.717) is 13.2 Å². The smallest absolute Gasteiger partial charge is 0.250 e. The lowest BCUT2D eigenvalue weighted by Crippen LogP contribution is -2.51. The van der Waals surface area contributed by atoms with Crippen LogP contribution in [0.3, 0.4) is 0 Å². The van der Waals surface area contributed by atoms with Gasteiger partial charge in [-0.2, -0.15) is 0 Å². The zero-order valence-electron chi connectivity index (χ0n) is 13.2. The molecule has 1 saturated heterocycles. The number of carbonyl (C=O) groups excluding carboxylic acids is 1. The van der Waals surface area contributed by atoms with Crippen molar-refractivity contribution in [1.29, 1.82) is 0 Å². The third-order valence-electron chi connectivity index (χ3n) is 3.49. The van der Waals surface area contributed by atoms with Gasteiger partial charge in [0.1, 0.15) is 6.10 Å². The number of benzene rings is 1. The third kappa shape index (κ3) is 6.32. The molecular weight excluding hydrogens is 302 g/mol. The number of rotatable bonds is 6. The first-order chi connectivity index (χ1) is 10.1. The average molecular weight is 328 g/mol. The van der Waals surface area contributed by atoms with E-state index in [9.17, 15) is 4.79 Å². The normalized spacial score (nSPS) is 19.3. The van der Waals surface area contributed by atoms with Gasteiger partial charge < -0.3 is 20.3 Å². The largest absolute Gasteiger partial charge is 0.366 e. The molecule has 0 bridgehead atoms. The number of hydrogen-bond donors (Lipinski definition) is 2. The highest BCUT2D eigenvalue weighted by Crippen LogP contribution is 2.03. The minimum atomic E-state index is -0.361. The van der Waals surface area contributed by atoms with Crippen LogP contribution in [0.25, 0.3) is 0 Å². The number of morpholine rings is 1. The molecule has 2 unspecified atom stereocenters. The number of hydrogen-bond acceptors (Lipinski definition) is 4. The number of ether oxygens (including phenoxy) is 1. The van der Waals surface area contributed by atoms with Crippen LogP contribution in [0, 0.1) is 0 Å². The fourth-order valence-corrected chi connectivity index (χ4v) is 2.54. The van der Waals surface area contributed by atoms with Gasteiger partial charge >= 0.3 is 0 Å². The Kier molecular flexibility index (Phi) is 8.42. The van der Waals surface area contributed by atoms with Crippen LogP contribution in [0.5, 0.6) is 0 Å². The molecule has 2 rings (SSSR count). The summed E-state index contributed by atoms with van der Waals surface area (Å²) in [5.41, 5.74) is 1.28. The van der Waals surface area contributed by atoms with Crippen molar-refractivity contribution in [1.82, 2.24) is 15.5 Å². The number of nitrogens with zero attached hydrogens (tertiary/aromatic N) is 1. The minimum Gasteiger partial charge on any atom is -0.366 e. The summed E-state index contributed by atoms with van der Waals surface area (Å²) in [5, 5.41) is 6.19. The molecule has 1 fully saturated rings. The molecule has 0 aromatic heterocycles. The number of halogens is 1. The molecule has 1 aromatic rings. The van der Waals surface area contributed by atoms with Gasteiger partial charge in [0.05, 0.1) is 6.61 Å². The molecule has 0 saturated carbocycles. The SMILES string of the molecule is CC(CN(C)Cc1ccccc1)NC(=O)C1CNCCO1.Cl. The summed E-state index contributed by atoms with van der Waals surface area (Å²) in [4.78, 5) is 14.3. The van der Waals surface area contributed by atoms with E-state index in [0.717, 1.165) is 19.6 Å². The summed E-state index contributed by atoms with van der Waals surface area (Å²) < 4.78 is 5.45. The summed E-state index contributed by atoms with van der Waals surface area (Å²) in [5.74, 6) is -0.0252. The van der Waals surface area contributed by atoms with Crippen molar-refractivity contribution >= 4 is 18.3 Å². The van der Waals surface area contributed by atoms with Crippen molar-refractivity contribution in [2.45, 2.75) is 25.6 Å². The Morgan fingerprint density at radius 2 is 2.18 bits per heavy atom. The predicted octanol–water partition coefficient (Wildman–Crippen LogP) is 1.03. The third-order valence-corrected chi connectivity index (χ3v) is 3.49. The molecule has 0 spiro atoms. The van der Waals surface area contributed by atoms with Crippen LogP contribution in [-0.4, -0.2) is 56.2 Å². The molecule has 5 nitrogen and oxygen atoms in total. The van der Waals surface area contributed by atoms with E-state index in [-0.39, 0.29) is 30.5 Å². The van der Waals surface area contributed by atoms with E-state index in [2.05, 4.69) is 34.7 Å². The topological polar surface area (TPSA) is 53.6 Å². The molecule has 22 heavy (non-hydrogen) atoms. The van der Waals surface area contributed by atoms with Gasteiger partial charge in [0.25, 0.3) is 5.91 Å². The highest BCUT2D eigenvalue weighted by atomic mass is 35.5. The first-order valence-electron chi connectivity index (χ1n) is 7.50. The molecule has 0 radical (unpaired) electrons. The van der Waals surface area contributed by atoms with Crippen molar-refractivity contribution in [3.63, 3.8) is 0 Å². The summed E-state index contributed by atoms with van der Waals surface area (Å²) in [6.45, 7) is 5.72. The second-order valence-electron chi connectivity index (χ2n) is 5.66. The van der Waals surface area contributed by atoms with Crippen molar-refractivity contribution < 1.29 is 9.53 Å². The summed E-state index contributed by atoms with van der Waals surface area (Å²) in [7, 11) is 2.06. The lowest BCUT2D eigenvalue weighted by molar-refractivity contribution is -0.134. The van der Waals surface area contributed by atoms with E-state index in [1.165, 1.54) is 5.56 Å². The standard InChI is InChI=1S/C16H25N3O2.ClH/c1-13(18-16(20)15-10-17-8-9-21-15)11-19(2)12-14-6-4-3-5-7-14;/h3-7,13,15,17H,8-12H2,1-2H3,(H,18,20);1H. The molecule has 0 aliphatic carbocycles. The van der Waals surface area contributed by atoms with Crippen molar-refractivity contribution in [2.75, 3.05) is 33.3 Å². The minimum absolute atomic E-state index is 0. The Morgan fingerprint density at radius 3 is 2.82 bits per heavy atom. The van der Waals surface area contributed by atoms with Crippen LogP contribution in [0.15, 0.2) is 30.3 Å². The highest BCUT2D eigenvalue weighted by Gasteiger charge is 2.23. The van der Waals surface area contributed by atoms with Crippen molar-refractivity contribution in [3.8, 4) is 0 Å². The summed E-state index contributed by atoms with van der Waals surface area (Å²) >= 11 is 0. The molecule has 1 heterocycles. The fraction of sp³-hybridized carbons (Fsp3) is 0.562. The van der Waals surface area contributed by atoms with E-state index in [4.69, 9.17) is 4.74 Å². The van der Waals surface area contributed by atoms with Crippen LogP contribution in [0.2, 0.25) is 0 Å². The maximum absolute atomic E-state index is 12.1. The Balaban J connectivity index is 0.00000242. The van der Waals surface area contributed by atoms with E-state index < -0.39 is 0 Å². The Bertz CT molecular complexity index is 438. The van der Waals surface area contributed by atoms with Crippen LogP contribution < -0.4 is 10.6 Å². The molecule has 1 aliphatic heterocycles. The quantitative estimate of drug-likeness (QED) is 0.819. The van der Waals surface area contributed by atoms with Gasteiger partial charge in [-0.1, -0.05) is 30.3 Å². The number of amides is 1. The van der Waals surface area contributed by atoms with Crippen molar-refractivity contribution in [3.05, 3.63) is 35.9 Å². The number of nitrogens with one attached hydrogen (secondary N) is 2. The zero-order chi connectivity index (χ0) is 15.1. The van der Waals surface area contributed by atoms with Crippen LogP contribution in [0.4, 0.5) is 0 Å². The Hall–Kier alpha value is -1.14. The molecule has 2 atom stereocenters. The fourth-order valence-electron chi connectivity index (χ4n) is 2.54. The molecule has 124 valence electrons. The van der Waals surface area contributed by atoms with Gasteiger partial charge in [-0.15, -0.1) is 12.4 Å². The van der Waals surface area contributed by atoms with E-state index >= 15 is 0 Å². The molecule has 1 amide bonds. The number of likely N-dealkylation sites (N-methyl/N-ethyl adjacent to an activating group) is 1. The van der Waals surface area contributed by atoms with Crippen molar-refractivity contribution in [2.24, 2.45) is 0 Å². The molecule has 2 N–H and O–H groups in total. The second-order valence-corrected chi connectivity index (χ2v) is 5.66. The maximum Gasteiger partial charge on any atom is 0.250 e. The van der Waals surface area contributed by atoms with Crippen LogP contribution in [-0.2, 0) is 16.1 Å². The highest BCUT2D eigenvalue weighted by molar-refractivity contribution is 5.85. The van der Waals surface area contributed by atoms with Gasteiger partial charge in [0.15, 0.2) is 0 Å². The summed E-state index contributed by atoms with van der Waals surface area (Å²) in [6, 6.07) is 10.4. The molecule has 1 aliphatic rings. The first-order valence-corrected chi connectivity index (χ1v) is 7.50.